The molecule has 8 heteroatoms. The van der Waals surface area contributed by atoms with Gasteiger partial charge in [0.25, 0.3) is 5.91 Å². The maximum absolute atomic E-state index is 12.6. The molecule has 0 aliphatic carbocycles. The van der Waals surface area contributed by atoms with Crippen molar-refractivity contribution in [1.29, 1.82) is 0 Å². The summed E-state index contributed by atoms with van der Waals surface area (Å²) in [4.78, 5) is 30.8. The Kier molecular flexibility index (Phi) is 4.18. The number of carbonyl (C=O) groups is 1. The molecular formula is C21H19N5O2S. The minimum atomic E-state index is -1.48. The van der Waals surface area contributed by atoms with E-state index >= 15 is 0 Å². The lowest BCUT2D eigenvalue weighted by Gasteiger charge is -2.36. The van der Waals surface area contributed by atoms with E-state index in [0.29, 0.717) is 18.5 Å². The van der Waals surface area contributed by atoms with Crippen LogP contribution in [0.4, 0.5) is 0 Å². The van der Waals surface area contributed by atoms with E-state index < -0.39 is 5.60 Å². The summed E-state index contributed by atoms with van der Waals surface area (Å²) >= 11 is 1.52. The van der Waals surface area contributed by atoms with Gasteiger partial charge in [0.05, 0.1) is 11.3 Å². The highest BCUT2D eigenvalue weighted by molar-refractivity contribution is 7.13. The zero-order chi connectivity index (χ0) is 20.0. The second-order valence-corrected chi connectivity index (χ2v) is 8.12. The van der Waals surface area contributed by atoms with Gasteiger partial charge < -0.3 is 15.0 Å². The zero-order valence-corrected chi connectivity index (χ0v) is 16.6. The fraction of sp³-hybridized carbons (Fsp3) is 0.238. The number of aliphatic hydroxyl groups is 1. The van der Waals surface area contributed by atoms with Gasteiger partial charge in [-0.15, -0.1) is 11.3 Å². The summed E-state index contributed by atoms with van der Waals surface area (Å²) in [7, 11) is 1.73. The first kappa shape index (κ1) is 18.0. The number of nitrogens with one attached hydrogen (secondary N) is 1. The second-order valence-electron chi connectivity index (χ2n) is 7.27. The summed E-state index contributed by atoms with van der Waals surface area (Å²) in [5.41, 5.74) is 3.21. The molecule has 4 heterocycles. The number of piperidine rings is 1. The fourth-order valence-electron chi connectivity index (χ4n) is 3.84. The Balaban J connectivity index is 1.52. The Morgan fingerprint density at radius 3 is 3.03 bits per heavy atom. The number of fused-ring (bicyclic) bond motifs is 1. The number of likely N-dealkylation sites (tertiary alicyclic amines) is 1. The third kappa shape index (κ3) is 2.92. The Morgan fingerprint density at radius 2 is 2.14 bits per heavy atom. The van der Waals surface area contributed by atoms with E-state index in [2.05, 4.69) is 15.0 Å². The Morgan fingerprint density at radius 1 is 1.28 bits per heavy atom. The summed E-state index contributed by atoms with van der Waals surface area (Å²) in [6, 6.07) is 7.48. The molecule has 1 aliphatic rings. The summed E-state index contributed by atoms with van der Waals surface area (Å²) < 4.78 is 0. The van der Waals surface area contributed by atoms with Gasteiger partial charge in [-0.2, -0.15) is 0 Å². The van der Waals surface area contributed by atoms with Crippen LogP contribution < -0.4 is 0 Å². The molecule has 1 fully saturated rings. The Bertz CT molecular complexity index is 1220. The standard InChI is InChI=1S/C21H19N5O2S/c1-26-9-3-6-21(28,20(26)27)14-5-2-4-13(10-14)16-12-29-19(25-16)15-11-24-18-17(15)22-7-8-23-18/h2,4-5,7-8,10-12,28H,3,6,9H2,1H3,(H,23,24). The Labute approximate surface area is 171 Å². The third-order valence-corrected chi connectivity index (χ3v) is 6.29. The predicted octanol–water partition coefficient (Wildman–Crippen LogP) is 3.19. The van der Waals surface area contributed by atoms with E-state index in [4.69, 9.17) is 4.98 Å². The van der Waals surface area contributed by atoms with Gasteiger partial charge in [0.15, 0.2) is 11.2 Å². The number of thiazole rings is 1. The number of rotatable bonds is 3. The summed E-state index contributed by atoms with van der Waals surface area (Å²) in [5, 5.41) is 13.9. The maximum atomic E-state index is 12.6. The van der Waals surface area contributed by atoms with Crippen molar-refractivity contribution in [2.45, 2.75) is 18.4 Å². The van der Waals surface area contributed by atoms with Crippen molar-refractivity contribution in [2.75, 3.05) is 13.6 Å². The average Bonchev–Trinajstić information content (AvgIpc) is 3.39. The number of hydrogen-bond acceptors (Lipinski definition) is 6. The third-order valence-electron chi connectivity index (χ3n) is 5.41. The Hall–Kier alpha value is -3.10. The topological polar surface area (TPSA) is 95.0 Å². The first-order valence-corrected chi connectivity index (χ1v) is 10.3. The molecule has 0 saturated carbocycles. The first-order chi connectivity index (χ1) is 14.1. The normalized spacial score (nSPS) is 19.8. The van der Waals surface area contributed by atoms with Crippen LogP contribution >= 0.6 is 11.3 Å². The van der Waals surface area contributed by atoms with Crippen LogP contribution in [0, 0.1) is 0 Å². The molecule has 4 aromatic rings. The van der Waals surface area contributed by atoms with Crippen LogP contribution in [0.2, 0.25) is 0 Å². The van der Waals surface area contributed by atoms with Crippen molar-refractivity contribution in [3.8, 4) is 21.8 Å². The summed E-state index contributed by atoms with van der Waals surface area (Å²) in [6.45, 7) is 0.670. The van der Waals surface area contributed by atoms with Gasteiger partial charge in [0.1, 0.15) is 10.5 Å². The monoisotopic (exact) mass is 405 g/mol. The highest BCUT2D eigenvalue weighted by atomic mass is 32.1. The number of likely N-dealkylation sites (N-methyl/N-ethyl adjacent to an activating group) is 1. The second kappa shape index (κ2) is 6.75. The van der Waals surface area contributed by atoms with Gasteiger partial charge in [-0.05, 0) is 24.5 Å². The molecule has 1 saturated heterocycles. The lowest BCUT2D eigenvalue weighted by Crippen LogP contribution is -2.49. The van der Waals surface area contributed by atoms with Crippen LogP contribution in [0.15, 0.2) is 48.2 Å². The highest BCUT2D eigenvalue weighted by Gasteiger charge is 2.42. The zero-order valence-electron chi connectivity index (χ0n) is 15.8. The van der Waals surface area contributed by atoms with Crippen molar-refractivity contribution in [1.82, 2.24) is 24.8 Å². The van der Waals surface area contributed by atoms with Gasteiger partial charge in [0.2, 0.25) is 0 Å². The number of amides is 1. The van der Waals surface area contributed by atoms with Crippen LogP contribution in [0.5, 0.6) is 0 Å². The van der Waals surface area contributed by atoms with E-state index in [1.54, 1.807) is 24.3 Å². The number of aromatic nitrogens is 4. The van der Waals surface area contributed by atoms with Crippen LogP contribution in [-0.2, 0) is 10.4 Å². The number of aromatic amines is 1. The van der Waals surface area contributed by atoms with E-state index in [1.807, 2.05) is 35.8 Å². The summed E-state index contributed by atoms with van der Waals surface area (Å²) in [6.07, 6.45) is 6.37. The lowest BCUT2D eigenvalue weighted by molar-refractivity contribution is -0.156. The van der Waals surface area contributed by atoms with Crippen molar-refractivity contribution >= 4 is 28.4 Å². The van der Waals surface area contributed by atoms with Gasteiger partial charge >= 0.3 is 0 Å². The minimum absolute atomic E-state index is 0.253. The van der Waals surface area contributed by atoms with Crippen LogP contribution in [-0.4, -0.2) is 49.4 Å². The number of benzene rings is 1. The molecule has 0 spiro atoms. The molecule has 1 aliphatic heterocycles. The van der Waals surface area contributed by atoms with Gasteiger partial charge in [-0.25, -0.2) is 9.97 Å². The molecule has 0 radical (unpaired) electrons. The summed E-state index contributed by atoms with van der Waals surface area (Å²) in [5.74, 6) is -0.253. The van der Waals surface area contributed by atoms with Gasteiger partial charge in [-0.1, -0.05) is 18.2 Å². The molecule has 0 bridgehead atoms. The molecule has 5 rings (SSSR count). The van der Waals surface area contributed by atoms with Crippen molar-refractivity contribution in [3.63, 3.8) is 0 Å². The fourth-order valence-corrected chi connectivity index (χ4v) is 4.69. The first-order valence-electron chi connectivity index (χ1n) is 9.39. The predicted molar refractivity (Wildman–Crippen MR) is 111 cm³/mol. The minimum Gasteiger partial charge on any atom is -0.375 e. The molecule has 2 N–H and O–H groups in total. The molecule has 1 amide bonds. The van der Waals surface area contributed by atoms with Gasteiger partial charge in [-0.3, -0.25) is 9.78 Å². The van der Waals surface area contributed by atoms with Crippen LogP contribution in [0.1, 0.15) is 18.4 Å². The van der Waals surface area contributed by atoms with Crippen molar-refractivity contribution in [3.05, 3.63) is 53.8 Å². The molecule has 7 nitrogen and oxygen atoms in total. The smallest absolute Gasteiger partial charge is 0.258 e. The molecule has 3 aromatic heterocycles. The SMILES string of the molecule is CN1CCCC(O)(c2cccc(-c3csc(-c4c[nH]c5nccnc45)n3)c2)C1=O. The van der Waals surface area contributed by atoms with Crippen LogP contribution in [0.25, 0.3) is 33.0 Å². The van der Waals surface area contributed by atoms with E-state index in [-0.39, 0.29) is 5.91 Å². The average molecular weight is 405 g/mol. The largest absolute Gasteiger partial charge is 0.375 e. The number of H-pyrrole nitrogens is 1. The maximum Gasteiger partial charge on any atom is 0.258 e. The van der Waals surface area contributed by atoms with Crippen molar-refractivity contribution in [2.24, 2.45) is 0 Å². The molecule has 1 unspecified atom stereocenters. The number of hydrogen-bond donors (Lipinski definition) is 2. The van der Waals surface area contributed by atoms with Crippen molar-refractivity contribution < 1.29 is 9.90 Å². The number of carbonyl (C=O) groups excluding carboxylic acids is 1. The van der Waals surface area contributed by atoms with Gasteiger partial charge in [0, 0.05) is 43.1 Å². The molecule has 146 valence electrons. The lowest BCUT2D eigenvalue weighted by atomic mass is 9.84. The quantitative estimate of drug-likeness (QED) is 0.546. The highest BCUT2D eigenvalue weighted by Crippen LogP contribution is 2.36. The van der Waals surface area contributed by atoms with E-state index in [0.717, 1.165) is 39.4 Å². The number of nitrogens with zero attached hydrogens (tertiary/aromatic N) is 4. The van der Waals surface area contributed by atoms with E-state index in [9.17, 15) is 9.90 Å². The van der Waals surface area contributed by atoms with Crippen LogP contribution in [0.3, 0.4) is 0 Å². The molecule has 29 heavy (non-hydrogen) atoms. The van der Waals surface area contributed by atoms with E-state index in [1.165, 1.54) is 11.3 Å². The molecule has 1 atom stereocenters. The molecular weight excluding hydrogens is 386 g/mol. The molecule has 1 aromatic carbocycles.